The normalized spacial score (nSPS) is 22.3. The lowest BCUT2D eigenvalue weighted by Crippen LogP contribution is -2.42. The van der Waals surface area contributed by atoms with E-state index in [0.717, 1.165) is 29.1 Å². The van der Waals surface area contributed by atoms with Crippen molar-refractivity contribution in [1.29, 1.82) is 0 Å². The van der Waals surface area contributed by atoms with Crippen molar-refractivity contribution in [2.45, 2.75) is 31.8 Å². The Hall–Kier alpha value is -0.780. The molecule has 2 heterocycles. The molecule has 116 valence electrons. The van der Waals surface area contributed by atoms with Crippen LogP contribution >= 0.6 is 15.9 Å². The van der Waals surface area contributed by atoms with Crippen LogP contribution in [0.3, 0.4) is 0 Å². The van der Waals surface area contributed by atoms with Crippen molar-refractivity contribution in [3.8, 4) is 11.5 Å². The Bertz CT molecular complexity index is 495. The zero-order valence-electron chi connectivity index (χ0n) is 12.5. The van der Waals surface area contributed by atoms with Crippen LogP contribution in [0.25, 0.3) is 0 Å². The lowest BCUT2D eigenvalue weighted by molar-refractivity contribution is 0.170. The second-order valence-corrected chi connectivity index (χ2v) is 6.72. The van der Waals surface area contributed by atoms with Gasteiger partial charge in [0.1, 0.15) is 13.2 Å². The number of halogens is 1. The lowest BCUT2D eigenvalue weighted by Gasteiger charge is -2.32. The molecule has 1 atom stereocenters. The fourth-order valence-corrected chi connectivity index (χ4v) is 3.66. The number of ether oxygens (including phenoxy) is 2. The molecule has 1 aromatic carbocycles. The van der Waals surface area contributed by atoms with Crippen LogP contribution in [-0.4, -0.2) is 44.3 Å². The zero-order valence-corrected chi connectivity index (χ0v) is 14.1. The van der Waals surface area contributed by atoms with Crippen LogP contribution in [0.1, 0.15) is 24.8 Å². The van der Waals surface area contributed by atoms with Crippen LogP contribution in [0.15, 0.2) is 16.6 Å². The minimum absolute atomic E-state index is 0.622. The molecule has 0 spiro atoms. The van der Waals surface area contributed by atoms with E-state index in [1.165, 1.54) is 31.4 Å². The molecule has 0 radical (unpaired) electrons. The fourth-order valence-electron chi connectivity index (χ4n) is 3.05. The van der Waals surface area contributed by atoms with Crippen LogP contribution < -0.4 is 14.8 Å². The first-order valence-electron chi connectivity index (χ1n) is 7.73. The van der Waals surface area contributed by atoms with Gasteiger partial charge in [-0.3, -0.25) is 0 Å². The molecule has 4 nitrogen and oxygen atoms in total. The number of rotatable bonds is 4. The molecule has 0 amide bonds. The first kappa shape index (κ1) is 15.1. The Morgan fingerprint density at radius 1 is 1.29 bits per heavy atom. The minimum Gasteiger partial charge on any atom is -0.486 e. The average Bonchev–Trinajstić information content (AvgIpc) is 2.49. The van der Waals surface area contributed by atoms with Gasteiger partial charge in [0.25, 0.3) is 0 Å². The van der Waals surface area contributed by atoms with E-state index in [1.807, 2.05) is 0 Å². The second-order valence-electron chi connectivity index (χ2n) is 5.86. The summed E-state index contributed by atoms with van der Waals surface area (Å²) in [5.74, 6) is 1.68. The highest BCUT2D eigenvalue weighted by Gasteiger charge is 2.19. The number of hydrogen-bond donors (Lipinski definition) is 1. The highest BCUT2D eigenvalue weighted by atomic mass is 79.9. The summed E-state index contributed by atoms with van der Waals surface area (Å²) in [5.41, 5.74) is 1.23. The maximum Gasteiger partial charge on any atom is 0.175 e. The van der Waals surface area contributed by atoms with Crippen LogP contribution in [0.2, 0.25) is 0 Å². The van der Waals surface area contributed by atoms with E-state index in [1.54, 1.807) is 0 Å². The maximum absolute atomic E-state index is 5.67. The zero-order chi connectivity index (χ0) is 14.7. The van der Waals surface area contributed by atoms with Gasteiger partial charge in [0.15, 0.2) is 11.5 Å². The van der Waals surface area contributed by atoms with E-state index < -0.39 is 0 Å². The first-order chi connectivity index (χ1) is 10.2. The number of piperidine rings is 1. The molecule has 1 fully saturated rings. The summed E-state index contributed by atoms with van der Waals surface area (Å²) >= 11 is 3.57. The smallest absolute Gasteiger partial charge is 0.175 e. The van der Waals surface area contributed by atoms with E-state index in [-0.39, 0.29) is 0 Å². The van der Waals surface area contributed by atoms with Crippen LogP contribution in [-0.2, 0) is 6.54 Å². The molecule has 1 unspecified atom stereocenters. The summed E-state index contributed by atoms with van der Waals surface area (Å²) in [5, 5.41) is 3.58. The van der Waals surface area contributed by atoms with Gasteiger partial charge in [-0.05, 0) is 60.1 Å². The molecule has 2 aliphatic heterocycles. The highest BCUT2D eigenvalue weighted by Crippen LogP contribution is 2.38. The van der Waals surface area contributed by atoms with Crippen LogP contribution in [0.4, 0.5) is 0 Å². The largest absolute Gasteiger partial charge is 0.486 e. The molecule has 21 heavy (non-hydrogen) atoms. The van der Waals surface area contributed by atoms with Gasteiger partial charge in [0.2, 0.25) is 0 Å². The summed E-state index contributed by atoms with van der Waals surface area (Å²) in [6, 6.07) is 4.86. The molecule has 1 aromatic rings. The topological polar surface area (TPSA) is 33.7 Å². The van der Waals surface area contributed by atoms with Crippen molar-refractivity contribution >= 4 is 15.9 Å². The van der Waals surface area contributed by atoms with Gasteiger partial charge >= 0.3 is 0 Å². The Morgan fingerprint density at radius 3 is 3.00 bits per heavy atom. The maximum atomic E-state index is 5.67. The van der Waals surface area contributed by atoms with Gasteiger partial charge in [0.05, 0.1) is 4.47 Å². The summed E-state index contributed by atoms with van der Waals surface area (Å²) in [6.07, 6.45) is 3.99. The van der Waals surface area contributed by atoms with Crippen molar-refractivity contribution in [3.05, 3.63) is 22.2 Å². The number of likely N-dealkylation sites (N-methyl/N-ethyl adjacent to an activating group) is 1. The minimum atomic E-state index is 0.622. The predicted octanol–water partition coefficient (Wildman–Crippen LogP) is 2.79. The molecule has 0 saturated carbocycles. The molecule has 5 heteroatoms. The van der Waals surface area contributed by atoms with Crippen molar-refractivity contribution in [2.24, 2.45) is 0 Å². The molecule has 0 bridgehead atoms. The van der Waals surface area contributed by atoms with Gasteiger partial charge in [-0.2, -0.15) is 0 Å². The molecular formula is C16H23BrN2O2. The fraction of sp³-hybridized carbons (Fsp3) is 0.625. The van der Waals surface area contributed by atoms with Gasteiger partial charge < -0.3 is 19.7 Å². The Kier molecular flexibility index (Phi) is 5.03. The van der Waals surface area contributed by atoms with Crippen molar-refractivity contribution in [2.75, 3.05) is 33.4 Å². The molecule has 0 aromatic heterocycles. The first-order valence-corrected chi connectivity index (χ1v) is 8.52. The molecule has 1 N–H and O–H groups in total. The molecule has 2 aliphatic rings. The van der Waals surface area contributed by atoms with Gasteiger partial charge in [-0.1, -0.05) is 6.42 Å². The third kappa shape index (κ3) is 3.71. The Morgan fingerprint density at radius 2 is 2.14 bits per heavy atom. The quantitative estimate of drug-likeness (QED) is 0.901. The second kappa shape index (κ2) is 6.99. The van der Waals surface area contributed by atoms with E-state index in [2.05, 4.69) is 45.3 Å². The van der Waals surface area contributed by atoms with Crippen LogP contribution in [0, 0.1) is 0 Å². The number of benzene rings is 1. The van der Waals surface area contributed by atoms with E-state index >= 15 is 0 Å². The number of hydrogen-bond acceptors (Lipinski definition) is 4. The van der Waals surface area contributed by atoms with E-state index in [0.29, 0.717) is 19.3 Å². The summed E-state index contributed by atoms with van der Waals surface area (Å²) in [7, 11) is 2.23. The Labute approximate surface area is 134 Å². The van der Waals surface area contributed by atoms with Gasteiger partial charge in [-0.25, -0.2) is 0 Å². The predicted molar refractivity (Wildman–Crippen MR) is 87.1 cm³/mol. The lowest BCUT2D eigenvalue weighted by atomic mass is 10.0. The molecule has 3 rings (SSSR count). The number of likely N-dealkylation sites (tertiary alicyclic amines) is 1. The third-order valence-corrected chi connectivity index (χ3v) is 4.88. The van der Waals surface area contributed by atoms with E-state index in [4.69, 9.17) is 9.47 Å². The van der Waals surface area contributed by atoms with Gasteiger partial charge in [0, 0.05) is 19.1 Å². The Balaban J connectivity index is 1.56. The average molecular weight is 355 g/mol. The van der Waals surface area contributed by atoms with Crippen molar-refractivity contribution < 1.29 is 9.47 Å². The standard InChI is InChI=1S/C16H23BrN2O2/c1-19-5-3-2-4-13(19)11-18-10-12-8-14(17)16-15(9-12)20-6-7-21-16/h8-9,13,18H,2-7,10-11H2,1H3. The summed E-state index contributed by atoms with van der Waals surface area (Å²) in [6.45, 7) is 4.38. The number of fused-ring (bicyclic) bond motifs is 1. The summed E-state index contributed by atoms with van der Waals surface area (Å²) in [4.78, 5) is 2.47. The third-order valence-electron chi connectivity index (χ3n) is 4.29. The van der Waals surface area contributed by atoms with Gasteiger partial charge in [-0.15, -0.1) is 0 Å². The SMILES string of the molecule is CN1CCCCC1CNCc1cc(Br)c2c(c1)OCCO2. The number of nitrogens with zero attached hydrogens (tertiary/aromatic N) is 1. The highest BCUT2D eigenvalue weighted by molar-refractivity contribution is 9.10. The monoisotopic (exact) mass is 354 g/mol. The molecule has 0 aliphatic carbocycles. The number of nitrogens with one attached hydrogen (secondary N) is 1. The van der Waals surface area contributed by atoms with Crippen molar-refractivity contribution in [3.63, 3.8) is 0 Å². The molecular weight excluding hydrogens is 332 g/mol. The van der Waals surface area contributed by atoms with Crippen molar-refractivity contribution in [1.82, 2.24) is 10.2 Å². The summed E-state index contributed by atoms with van der Waals surface area (Å²) < 4.78 is 12.3. The van der Waals surface area contributed by atoms with E-state index in [9.17, 15) is 0 Å². The molecule has 1 saturated heterocycles. The van der Waals surface area contributed by atoms with Crippen LogP contribution in [0.5, 0.6) is 11.5 Å².